The molecule has 0 aromatic carbocycles. The number of halogens is 3. The van der Waals surface area contributed by atoms with Gasteiger partial charge in [0.2, 0.25) is 0 Å². The third kappa shape index (κ3) is 3.89. The van der Waals surface area contributed by atoms with E-state index in [-0.39, 0.29) is 5.82 Å². The minimum Gasteiger partial charge on any atom is -0.357 e. The van der Waals surface area contributed by atoms with Gasteiger partial charge in [-0.05, 0) is 27.1 Å². The topological polar surface area (TPSA) is 19.4 Å². The second-order valence-corrected chi connectivity index (χ2v) is 4.14. The molecule has 0 aliphatic rings. The molecule has 0 saturated heterocycles. The standard InChI is InChI=1S/C11H16F3N3/c1-16(2)5-4-6-17(3)11-9(13)7-8(12)10(14)15-11/h7H,4-6H2,1-3H3. The van der Waals surface area contributed by atoms with Gasteiger partial charge in [-0.15, -0.1) is 0 Å². The van der Waals surface area contributed by atoms with Gasteiger partial charge in [0, 0.05) is 19.7 Å². The van der Waals surface area contributed by atoms with E-state index in [1.54, 1.807) is 7.05 Å². The van der Waals surface area contributed by atoms with Gasteiger partial charge in [-0.2, -0.15) is 9.37 Å². The summed E-state index contributed by atoms with van der Waals surface area (Å²) in [6, 6.07) is 0.514. The molecule has 0 unspecified atom stereocenters. The van der Waals surface area contributed by atoms with Crippen LogP contribution in [0.4, 0.5) is 19.0 Å². The Morgan fingerprint density at radius 2 is 1.71 bits per heavy atom. The minimum atomic E-state index is -1.28. The average molecular weight is 247 g/mol. The van der Waals surface area contributed by atoms with Crippen LogP contribution in [0, 0.1) is 17.6 Å². The van der Waals surface area contributed by atoms with Gasteiger partial charge in [0.05, 0.1) is 0 Å². The summed E-state index contributed by atoms with van der Waals surface area (Å²) in [4.78, 5) is 6.73. The number of nitrogens with zero attached hydrogens (tertiary/aromatic N) is 3. The molecule has 0 radical (unpaired) electrons. The van der Waals surface area contributed by atoms with E-state index in [2.05, 4.69) is 4.98 Å². The monoisotopic (exact) mass is 247 g/mol. The molecule has 0 fully saturated rings. The third-order valence-electron chi connectivity index (χ3n) is 2.33. The van der Waals surface area contributed by atoms with Gasteiger partial charge in [0.25, 0.3) is 5.95 Å². The second kappa shape index (κ2) is 5.86. The molecule has 6 heteroatoms. The van der Waals surface area contributed by atoms with Crippen LogP contribution in [0.2, 0.25) is 0 Å². The summed E-state index contributed by atoms with van der Waals surface area (Å²) in [7, 11) is 5.45. The molecule has 0 amide bonds. The zero-order valence-electron chi connectivity index (χ0n) is 10.2. The van der Waals surface area contributed by atoms with Crippen LogP contribution in [-0.2, 0) is 0 Å². The lowest BCUT2D eigenvalue weighted by Crippen LogP contribution is -2.25. The van der Waals surface area contributed by atoms with Gasteiger partial charge in [-0.3, -0.25) is 0 Å². The maximum Gasteiger partial charge on any atom is 0.251 e. The predicted octanol–water partition coefficient (Wildman–Crippen LogP) is 1.89. The first-order chi connectivity index (χ1) is 7.91. The Hall–Kier alpha value is -1.30. The van der Waals surface area contributed by atoms with E-state index in [1.807, 2.05) is 19.0 Å². The van der Waals surface area contributed by atoms with Crippen molar-refractivity contribution in [2.24, 2.45) is 0 Å². The fraction of sp³-hybridized carbons (Fsp3) is 0.545. The van der Waals surface area contributed by atoms with E-state index in [0.29, 0.717) is 12.6 Å². The van der Waals surface area contributed by atoms with Crippen LogP contribution in [-0.4, -0.2) is 44.1 Å². The fourth-order valence-corrected chi connectivity index (χ4v) is 1.43. The number of hydrogen-bond donors (Lipinski definition) is 0. The molecule has 3 nitrogen and oxygen atoms in total. The zero-order valence-corrected chi connectivity index (χ0v) is 10.2. The second-order valence-electron chi connectivity index (χ2n) is 4.14. The largest absolute Gasteiger partial charge is 0.357 e. The summed E-state index contributed by atoms with van der Waals surface area (Å²) in [6.45, 7) is 1.35. The summed E-state index contributed by atoms with van der Waals surface area (Å²) in [5.74, 6) is -3.56. The van der Waals surface area contributed by atoms with E-state index in [9.17, 15) is 13.2 Å². The first-order valence-corrected chi connectivity index (χ1v) is 5.29. The van der Waals surface area contributed by atoms with E-state index in [1.165, 1.54) is 4.90 Å². The highest BCUT2D eigenvalue weighted by Crippen LogP contribution is 2.17. The molecule has 0 N–H and O–H groups in total. The van der Waals surface area contributed by atoms with Crippen LogP contribution in [0.3, 0.4) is 0 Å². The molecule has 17 heavy (non-hydrogen) atoms. The SMILES string of the molecule is CN(C)CCCN(C)c1nc(F)c(F)cc1F. The van der Waals surface area contributed by atoms with Crippen molar-refractivity contribution in [3.63, 3.8) is 0 Å². The molecule has 0 aliphatic heterocycles. The summed E-state index contributed by atoms with van der Waals surface area (Å²) in [5.41, 5.74) is 0. The van der Waals surface area contributed by atoms with Crippen molar-refractivity contribution in [3.05, 3.63) is 23.6 Å². The summed E-state index contributed by atoms with van der Waals surface area (Å²) in [5, 5.41) is 0. The molecule has 0 atom stereocenters. The van der Waals surface area contributed by atoms with Crippen molar-refractivity contribution in [1.82, 2.24) is 9.88 Å². The molecule has 0 aliphatic carbocycles. The Bertz CT molecular complexity index is 382. The molecular formula is C11H16F3N3. The Balaban J connectivity index is 2.68. The van der Waals surface area contributed by atoms with Gasteiger partial charge < -0.3 is 9.80 Å². The number of pyridine rings is 1. The van der Waals surface area contributed by atoms with Crippen LogP contribution in [0.1, 0.15) is 6.42 Å². The van der Waals surface area contributed by atoms with Gasteiger partial charge in [0.15, 0.2) is 17.5 Å². The quantitative estimate of drug-likeness (QED) is 0.741. The molecule has 1 aromatic rings. The van der Waals surface area contributed by atoms with Crippen molar-refractivity contribution >= 4 is 5.82 Å². The molecule has 1 rings (SSSR count). The lowest BCUT2D eigenvalue weighted by molar-refractivity contribution is 0.400. The van der Waals surface area contributed by atoms with E-state index >= 15 is 0 Å². The van der Waals surface area contributed by atoms with Crippen molar-refractivity contribution in [1.29, 1.82) is 0 Å². The number of aromatic nitrogens is 1. The minimum absolute atomic E-state index is 0.164. The summed E-state index contributed by atoms with van der Waals surface area (Å²) in [6.07, 6.45) is 0.781. The molecule has 96 valence electrons. The number of hydrogen-bond acceptors (Lipinski definition) is 3. The summed E-state index contributed by atoms with van der Waals surface area (Å²) < 4.78 is 38.9. The molecule has 1 aromatic heterocycles. The van der Waals surface area contributed by atoms with Crippen LogP contribution < -0.4 is 4.90 Å². The van der Waals surface area contributed by atoms with Crippen LogP contribution >= 0.6 is 0 Å². The summed E-state index contributed by atoms with van der Waals surface area (Å²) >= 11 is 0. The fourth-order valence-electron chi connectivity index (χ4n) is 1.43. The maximum absolute atomic E-state index is 13.3. The van der Waals surface area contributed by atoms with Crippen molar-refractivity contribution in [2.45, 2.75) is 6.42 Å². The highest BCUT2D eigenvalue weighted by molar-refractivity contribution is 5.38. The maximum atomic E-state index is 13.3. The van der Waals surface area contributed by atoms with Crippen LogP contribution in [0.25, 0.3) is 0 Å². The van der Waals surface area contributed by atoms with E-state index in [0.717, 1.165) is 13.0 Å². The highest BCUT2D eigenvalue weighted by atomic mass is 19.2. The normalized spacial score (nSPS) is 11.0. The number of rotatable bonds is 5. The van der Waals surface area contributed by atoms with E-state index < -0.39 is 17.6 Å². The van der Waals surface area contributed by atoms with Crippen molar-refractivity contribution in [2.75, 3.05) is 39.1 Å². The smallest absolute Gasteiger partial charge is 0.251 e. The number of anilines is 1. The molecule has 1 heterocycles. The Labute approximate surface area is 98.9 Å². The first-order valence-electron chi connectivity index (χ1n) is 5.29. The Morgan fingerprint density at radius 1 is 1.06 bits per heavy atom. The van der Waals surface area contributed by atoms with Gasteiger partial charge >= 0.3 is 0 Å². The highest BCUT2D eigenvalue weighted by Gasteiger charge is 2.14. The predicted molar refractivity (Wildman–Crippen MR) is 60.6 cm³/mol. The Kier molecular flexibility index (Phi) is 4.74. The van der Waals surface area contributed by atoms with Crippen molar-refractivity contribution < 1.29 is 13.2 Å². The average Bonchev–Trinajstić information content (AvgIpc) is 2.22. The molecule has 0 saturated carbocycles. The molecular weight excluding hydrogens is 231 g/mol. The van der Waals surface area contributed by atoms with Gasteiger partial charge in [-0.25, -0.2) is 8.78 Å². The Morgan fingerprint density at radius 3 is 2.29 bits per heavy atom. The van der Waals surface area contributed by atoms with Crippen molar-refractivity contribution in [3.8, 4) is 0 Å². The lowest BCUT2D eigenvalue weighted by Gasteiger charge is -2.19. The van der Waals surface area contributed by atoms with Gasteiger partial charge in [-0.1, -0.05) is 0 Å². The molecule has 0 spiro atoms. The van der Waals surface area contributed by atoms with E-state index in [4.69, 9.17) is 0 Å². The third-order valence-corrected chi connectivity index (χ3v) is 2.33. The van der Waals surface area contributed by atoms with Crippen LogP contribution in [0.5, 0.6) is 0 Å². The molecule has 0 bridgehead atoms. The zero-order chi connectivity index (χ0) is 13.0. The first kappa shape index (κ1) is 13.8. The van der Waals surface area contributed by atoms with Gasteiger partial charge in [0.1, 0.15) is 0 Å². The lowest BCUT2D eigenvalue weighted by atomic mass is 10.3. The van der Waals surface area contributed by atoms with Crippen LogP contribution in [0.15, 0.2) is 6.07 Å².